The van der Waals surface area contributed by atoms with Crippen molar-refractivity contribution >= 4 is 17.3 Å². The SMILES string of the molecule is O=C(CCC1CCNC1)Nc1cc([N+](=O)[O-])ccc1F. The standard InChI is InChI=1S/C13H16FN3O3/c14-11-3-2-10(17(19)20)7-12(11)16-13(18)4-1-9-5-6-15-8-9/h2-3,7,9,15H,1,4-6,8H2,(H,16,18). The van der Waals surface area contributed by atoms with Crippen molar-refractivity contribution in [2.24, 2.45) is 5.92 Å². The molecular weight excluding hydrogens is 265 g/mol. The van der Waals surface area contributed by atoms with Crippen LogP contribution in [0.5, 0.6) is 0 Å². The van der Waals surface area contributed by atoms with Gasteiger partial charge >= 0.3 is 0 Å². The number of nitro benzene ring substituents is 1. The van der Waals surface area contributed by atoms with Gasteiger partial charge in [0.15, 0.2) is 0 Å². The zero-order valence-corrected chi connectivity index (χ0v) is 10.9. The molecule has 1 heterocycles. The van der Waals surface area contributed by atoms with Crippen molar-refractivity contribution < 1.29 is 14.1 Å². The van der Waals surface area contributed by atoms with E-state index in [1.165, 1.54) is 0 Å². The molecule has 1 aromatic carbocycles. The maximum atomic E-state index is 13.5. The van der Waals surface area contributed by atoms with E-state index >= 15 is 0 Å². The van der Waals surface area contributed by atoms with E-state index in [2.05, 4.69) is 10.6 Å². The normalized spacial score (nSPS) is 17.9. The van der Waals surface area contributed by atoms with Crippen LogP contribution < -0.4 is 10.6 Å². The summed E-state index contributed by atoms with van der Waals surface area (Å²) in [5.41, 5.74) is -0.393. The number of carbonyl (C=O) groups excluding carboxylic acids is 1. The highest BCUT2D eigenvalue weighted by atomic mass is 19.1. The van der Waals surface area contributed by atoms with Crippen LogP contribution in [0.2, 0.25) is 0 Å². The molecule has 1 atom stereocenters. The second-order valence-corrected chi connectivity index (χ2v) is 4.87. The molecule has 0 aliphatic carbocycles. The Morgan fingerprint density at radius 3 is 3.00 bits per heavy atom. The number of nitrogens with zero attached hydrogens (tertiary/aromatic N) is 1. The Hall–Kier alpha value is -2.02. The number of halogens is 1. The average Bonchev–Trinajstić information content (AvgIpc) is 2.92. The molecule has 1 saturated heterocycles. The number of benzene rings is 1. The highest BCUT2D eigenvalue weighted by Gasteiger charge is 2.17. The quantitative estimate of drug-likeness (QED) is 0.639. The summed E-state index contributed by atoms with van der Waals surface area (Å²) < 4.78 is 13.5. The minimum absolute atomic E-state index is 0.145. The van der Waals surface area contributed by atoms with Gasteiger partial charge in [0, 0.05) is 18.6 Å². The van der Waals surface area contributed by atoms with Crippen LogP contribution in [0.25, 0.3) is 0 Å². The van der Waals surface area contributed by atoms with Crippen LogP contribution >= 0.6 is 0 Å². The highest BCUT2D eigenvalue weighted by molar-refractivity contribution is 5.91. The third kappa shape index (κ3) is 3.74. The molecule has 6 nitrogen and oxygen atoms in total. The van der Waals surface area contributed by atoms with E-state index in [4.69, 9.17) is 0 Å². The van der Waals surface area contributed by atoms with Gasteiger partial charge in [0.2, 0.25) is 5.91 Å². The molecular formula is C13H16FN3O3. The van der Waals surface area contributed by atoms with Gasteiger partial charge in [-0.3, -0.25) is 14.9 Å². The molecule has 7 heteroatoms. The van der Waals surface area contributed by atoms with Crippen LogP contribution in [0.15, 0.2) is 18.2 Å². The van der Waals surface area contributed by atoms with Gasteiger partial charge in [-0.15, -0.1) is 0 Å². The molecule has 0 bridgehead atoms. The molecule has 1 aliphatic rings. The zero-order chi connectivity index (χ0) is 14.5. The summed E-state index contributed by atoms with van der Waals surface area (Å²) in [6.45, 7) is 1.87. The van der Waals surface area contributed by atoms with Crippen LogP contribution in [0.3, 0.4) is 0 Å². The van der Waals surface area contributed by atoms with Crippen molar-refractivity contribution in [3.8, 4) is 0 Å². The summed E-state index contributed by atoms with van der Waals surface area (Å²) >= 11 is 0. The van der Waals surface area contributed by atoms with Crippen LogP contribution in [0.4, 0.5) is 15.8 Å². The Balaban J connectivity index is 1.92. The molecule has 20 heavy (non-hydrogen) atoms. The Bertz CT molecular complexity index is 516. The van der Waals surface area contributed by atoms with E-state index in [1.54, 1.807) is 0 Å². The maximum absolute atomic E-state index is 13.5. The van der Waals surface area contributed by atoms with Gasteiger partial charge in [-0.1, -0.05) is 0 Å². The monoisotopic (exact) mass is 281 g/mol. The minimum atomic E-state index is -0.675. The van der Waals surface area contributed by atoms with Gasteiger partial charge in [-0.25, -0.2) is 4.39 Å². The van der Waals surface area contributed by atoms with Gasteiger partial charge in [-0.05, 0) is 37.9 Å². The van der Waals surface area contributed by atoms with Crippen molar-refractivity contribution in [2.75, 3.05) is 18.4 Å². The number of amides is 1. The van der Waals surface area contributed by atoms with E-state index in [1.807, 2.05) is 0 Å². The first kappa shape index (κ1) is 14.4. The number of hydrogen-bond donors (Lipinski definition) is 2. The Morgan fingerprint density at radius 1 is 1.55 bits per heavy atom. The van der Waals surface area contributed by atoms with Gasteiger partial charge in [-0.2, -0.15) is 0 Å². The van der Waals surface area contributed by atoms with Crippen molar-refractivity contribution in [2.45, 2.75) is 19.3 Å². The molecule has 1 aliphatic heterocycles. The van der Waals surface area contributed by atoms with E-state index < -0.39 is 10.7 Å². The van der Waals surface area contributed by atoms with Crippen molar-refractivity contribution in [1.82, 2.24) is 5.32 Å². The summed E-state index contributed by atoms with van der Waals surface area (Å²) in [6.07, 6.45) is 2.06. The number of non-ortho nitro benzene ring substituents is 1. The lowest BCUT2D eigenvalue weighted by Crippen LogP contribution is -2.15. The lowest BCUT2D eigenvalue weighted by atomic mass is 10.0. The highest BCUT2D eigenvalue weighted by Crippen LogP contribution is 2.22. The van der Waals surface area contributed by atoms with Crippen LogP contribution in [0.1, 0.15) is 19.3 Å². The maximum Gasteiger partial charge on any atom is 0.271 e. The van der Waals surface area contributed by atoms with Gasteiger partial charge < -0.3 is 10.6 Å². The fourth-order valence-corrected chi connectivity index (χ4v) is 2.23. The summed E-state index contributed by atoms with van der Waals surface area (Å²) in [7, 11) is 0. The number of rotatable bonds is 5. The molecule has 2 rings (SSSR count). The Morgan fingerprint density at radius 2 is 2.35 bits per heavy atom. The fourth-order valence-electron chi connectivity index (χ4n) is 2.23. The topological polar surface area (TPSA) is 84.3 Å². The largest absolute Gasteiger partial charge is 0.323 e. The summed E-state index contributed by atoms with van der Waals surface area (Å²) in [5, 5.41) is 16.2. The van der Waals surface area contributed by atoms with Crippen LogP contribution in [-0.2, 0) is 4.79 Å². The summed E-state index contributed by atoms with van der Waals surface area (Å²) in [6, 6.07) is 3.08. The van der Waals surface area contributed by atoms with Crippen molar-refractivity contribution in [1.29, 1.82) is 0 Å². The second kappa shape index (κ2) is 6.42. The van der Waals surface area contributed by atoms with E-state index in [-0.39, 0.29) is 23.7 Å². The molecule has 0 saturated carbocycles. The molecule has 1 aromatic rings. The molecule has 2 N–H and O–H groups in total. The third-order valence-electron chi connectivity index (χ3n) is 3.38. The van der Waals surface area contributed by atoms with Crippen molar-refractivity contribution in [3.63, 3.8) is 0 Å². The fraction of sp³-hybridized carbons (Fsp3) is 0.462. The molecule has 1 unspecified atom stereocenters. The number of carbonyl (C=O) groups is 1. The van der Waals surface area contributed by atoms with Gasteiger partial charge in [0.25, 0.3) is 5.69 Å². The lowest BCUT2D eigenvalue weighted by Gasteiger charge is -2.09. The molecule has 0 radical (unpaired) electrons. The average molecular weight is 281 g/mol. The zero-order valence-electron chi connectivity index (χ0n) is 10.9. The number of nitrogens with one attached hydrogen (secondary N) is 2. The first-order chi connectivity index (χ1) is 9.56. The number of nitro groups is 1. The predicted molar refractivity (Wildman–Crippen MR) is 71.9 cm³/mol. The molecule has 1 fully saturated rings. The molecule has 1 amide bonds. The molecule has 0 aromatic heterocycles. The van der Waals surface area contributed by atoms with Gasteiger partial charge in [0.1, 0.15) is 5.82 Å². The Kier molecular flexibility index (Phi) is 4.62. The first-order valence-electron chi connectivity index (χ1n) is 6.51. The van der Waals surface area contributed by atoms with Crippen LogP contribution in [0, 0.1) is 21.8 Å². The van der Waals surface area contributed by atoms with E-state index in [0.717, 1.165) is 44.1 Å². The third-order valence-corrected chi connectivity index (χ3v) is 3.38. The predicted octanol–water partition coefficient (Wildman–Crippen LogP) is 2.06. The van der Waals surface area contributed by atoms with Crippen molar-refractivity contribution in [3.05, 3.63) is 34.1 Å². The lowest BCUT2D eigenvalue weighted by molar-refractivity contribution is -0.384. The molecule has 108 valence electrons. The van der Waals surface area contributed by atoms with E-state index in [9.17, 15) is 19.3 Å². The minimum Gasteiger partial charge on any atom is -0.323 e. The second-order valence-electron chi connectivity index (χ2n) is 4.87. The van der Waals surface area contributed by atoms with E-state index in [0.29, 0.717) is 5.92 Å². The number of hydrogen-bond acceptors (Lipinski definition) is 4. The summed E-state index contributed by atoms with van der Waals surface area (Å²) in [4.78, 5) is 21.7. The van der Waals surface area contributed by atoms with Gasteiger partial charge in [0.05, 0.1) is 10.6 Å². The smallest absolute Gasteiger partial charge is 0.271 e. The number of anilines is 1. The van der Waals surface area contributed by atoms with Crippen LogP contribution in [-0.4, -0.2) is 23.9 Å². The molecule has 0 spiro atoms. The first-order valence-corrected chi connectivity index (χ1v) is 6.51. The summed E-state index contributed by atoms with van der Waals surface area (Å²) in [5.74, 6) is -0.529. The Labute approximate surface area is 115 Å².